The Morgan fingerprint density at radius 2 is 2.18 bits per heavy atom. The van der Waals surface area contributed by atoms with Gasteiger partial charge in [-0.25, -0.2) is 0 Å². The summed E-state index contributed by atoms with van der Waals surface area (Å²) in [7, 11) is 0. The zero-order chi connectivity index (χ0) is 12.4. The van der Waals surface area contributed by atoms with Crippen LogP contribution < -0.4 is 10.6 Å². The molecule has 17 heavy (non-hydrogen) atoms. The number of nitrogens with one attached hydrogen (secondary N) is 2. The number of aliphatic carboxylic acids is 1. The maximum Gasteiger partial charge on any atom is 0.325 e. The van der Waals surface area contributed by atoms with E-state index in [0.29, 0.717) is 6.54 Å². The van der Waals surface area contributed by atoms with Crippen molar-refractivity contribution in [2.24, 2.45) is 0 Å². The van der Waals surface area contributed by atoms with E-state index in [2.05, 4.69) is 10.6 Å². The van der Waals surface area contributed by atoms with E-state index < -0.39 is 12.0 Å². The first-order valence-corrected chi connectivity index (χ1v) is 5.45. The molecule has 1 aliphatic rings. The van der Waals surface area contributed by atoms with Gasteiger partial charge in [0.25, 0.3) is 0 Å². The van der Waals surface area contributed by atoms with E-state index in [4.69, 9.17) is 5.11 Å². The predicted octanol–water partition coefficient (Wildman–Crippen LogP) is 0.785. The van der Waals surface area contributed by atoms with Gasteiger partial charge in [0.15, 0.2) is 0 Å². The fourth-order valence-corrected chi connectivity index (χ4v) is 1.89. The molecular weight excluding hydrogens is 220 g/mol. The first kappa shape index (κ1) is 11.4. The minimum atomic E-state index is -1.03. The van der Waals surface area contributed by atoms with Crippen molar-refractivity contribution in [3.63, 3.8) is 0 Å². The molecule has 0 fully saturated rings. The normalized spacial score (nSPS) is 19.0. The van der Waals surface area contributed by atoms with Gasteiger partial charge in [0.05, 0.1) is 5.92 Å². The number of carboxylic acid groups (broad SMARTS) is 1. The maximum atomic E-state index is 11.9. The van der Waals surface area contributed by atoms with E-state index in [1.165, 1.54) is 6.92 Å². The average Bonchev–Trinajstić information content (AvgIpc) is 2.72. The van der Waals surface area contributed by atoms with Crippen LogP contribution in [0.2, 0.25) is 0 Å². The Hall–Kier alpha value is -2.04. The largest absolute Gasteiger partial charge is 0.480 e. The van der Waals surface area contributed by atoms with E-state index in [0.717, 1.165) is 11.3 Å². The Morgan fingerprint density at radius 1 is 1.47 bits per heavy atom. The summed E-state index contributed by atoms with van der Waals surface area (Å²) in [6, 6.07) is 6.68. The minimum absolute atomic E-state index is 0.252. The highest BCUT2D eigenvalue weighted by molar-refractivity contribution is 5.91. The Balaban J connectivity index is 2.10. The van der Waals surface area contributed by atoms with Gasteiger partial charge in [-0.1, -0.05) is 18.2 Å². The zero-order valence-electron chi connectivity index (χ0n) is 9.43. The topological polar surface area (TPSA) is 78.4 Å². The molecule has 1 aromatic rings. The summed E-state index contributed by atoms with van der Waals surface area (Å²) in [5, 5.41) is 14.3. The first-order valence-electron chi connectivity index (χ1n) is 5.45. The van der Waals surface area contributed by atoms with Crippen molar-refractivity contribution in [1.29, 1.82) is 0 Å². The standard InChI is InChI=1S/C12H14N2O3/c1-7(12(16)17)14-11(15)9-6-13-10-5-3-2-4-8(9)10/h2-5,7,9,13H,6H2,1H3,(H,14,15)(H,16,17). The zero-order valence-corrected chi connectivity index (χ0v) is 9.43. The molecule has 1 aromatic carbocycles. The van der Waals surface area contributed by atoms with Crippen molar-refractivity contribution >= 4 is 17.6 Å². The van der Waals surface area contributed by atoms with Crippen LogP contribution in [-0.4, -0.2) is 29.6 Å². The molecule has 5 nitrogen and oxygen atoms in total. The van der Waals surface area contributed by atoms with Crippen LogP contribution in [-0.2, 0) is 9.59 Å². The van der Waals surface area contributed by atoms with E-state index >= 15 is 0 Å². The summed E-state index contributed by atoms with van der Waals surface area (Å²) >= 11 is 0. The smallest absolute Gasteiger partial charge is 0.325 e. The van der Waals surface area contributed by atoms with Crippen molar-refractivity contribution in [2.75, 3.05) is 11.9 Å². The van der Waals surface area contributed by atoms with E-state index in [9.17, 15) is 9.59 Å². The molecular formula is C12H14N2O3. The second-order valence-corrected chi connectivity index (χ2v) is 4.09. The van der Waals surface area contributed by atoms with Crippen LogP contribution in [0.5, 0.6) is 0 Å². The minimum Gasteiger partial charge on any atom is -0.480 e. The van der Waals surface area contributed by atoms with Gasteiger partial charge in [0.2, 0.25) is 5.91 Å². The van der Waals surface area contributed by atoms with Crippen LogP contribution in [0.4, 0.5) is 5.69 Å². The molecule has 2 atom stereocenters. The lowest BCUT2D eigenvalue weighted by Gasteiger charge is -2.13. The van der Waals surface area contributed by atoms with Crippen molar-refractivity contribution in [3.8, 4) is 0 Å². The third-order valence-corrected chi connectivity index (χ3v) is 2.88. The molecule has 0 aliphatic carbocycles. The van der Waals surface area contributed by atoms with E-state index in [-0.39, 0.29) is 11.8 Å². The number of carbonyl (C=O) groups is 2. The highest BCUT2D eigenvalue weighted by Crippen LogP contribution is 2.30. The maximum absolute atomic E-state index is 11.9. The molecule has 1 amide bonds. The monoisotopic (exact) mass is 234 g/mol. The molecule has 1 aliphatic heterocycles. The lowest BCUT2D eigenvalue weighted by Crippen LogP contribution is -2.41. The molecule has 0 saturated carbocycles. The summed E-state index contributed by atoms with van der Waals surface area (Å²) in [5.74, 6) is -1.59. The summed E-state index contributed by atoms with van der Waals surface area (Å²) < 4.78 is 0. The van der Waals surface area contributed by atoms with Crippen LogP contribution >= 0.6 is 0 Å². The van der Waals surface area contributed by atoms with Crippen molar-refractivity contribution < 1.29 is 14.7 Å². The molecule has 90 valence electrons. The van der Waals surface area contributed by atoms with Crippen molar-refractivity contribution in [2.45, 2.75) is 18.9 Å². The number of anilines is 1. The van der Waals surface area contributed by atoms with Gasteiger partial charge in [-0.15, -0.1) is 0 Å². The van der Waals surface area contributed by atoms with Crippen LogP contribution in [0.1, 0.15) is 18.4 Å². The summed E-state index contributed by atoms with van der Waals surface area (Å²) in [6.07, 6.45) is 0. The van der Waals surface area contributed by atoms with Crippen LogP contribution in [0.3, 0.4) is 0 Å². The molecule has 0 radical (unpaired) electrons. The fraction of sp³-hybridized carbons (Fsp3) is 0.333. The number of carboxylic acids is 1. The van der Waals surface area contributed by atoms with Crippen LogP contribution in [0, 0.1) is 0 Å². The number of para-hydroxylation sites is 1. The number of carbonyl (C=O) groups excluding carboxylic acids is 1. The van der Waals surface area contributed by atoms with Crippen molar-refractivity contribution in [3.05, 3.63) is 29.8 Å². The molecule has 3 N–H and O–H groups in total. The molecule has 0 bridgehead atoms. The molecule has 1 heterocycles. The molecule has 0 spiro atoms. The van der Waals surface area contributed by atoms with Gasteiger partial charge in [0, 0.05) is 12.2 Å². The van der Waals surface area contributed by atoms with Crippen molar-refractivity contribution in [1.82, 2.24) is 5.32 Å². The summed E-state index contributed by atoms with van der Waals surface area (Å²) in [5.41, 5.74) is 1.86. The summed E-state index contributed by atoms with van der Waals surface area (Å²) in [6.45, 7) is 1.96. The molecule has 2 rings (SSSR count). The average molecular weight is 234 g/mol. The van der Waals surface area contributed by atoms with Crippen LogP contribution in [0.25, 0.3) is 0 Å². The first-order chi connectivity index (χ1) is 8.09. The Labute approximate surface area is 98.8 Å². The Bertz CT molecular complexity index is 459. The fourth-order valence-electron chi connectivity index (χ4n) is 1.89. The number of hydrogen-bond acceptors (Lipinski definition) is 3. The van der Waals surface area contributed by atoms with E-state index in [1.807, 2.05) is 24.3 Å². The van der Waals surface area contributed by atoms with Gasteiger partial charge in [-0.05, 0) is 18.6 Å². The van der Waals surface area contributed by atoms with E-state index in [1.54, 1.807) is 0 Å². The molecule has 0 saturated heterocycles. The lowest BCUT2D eigenvalue weighted by molar-refractivity contribution is -0.141. The highest BCUT2D eigenvalue weighted by atomic mass is 16.4. The predicted molar refractivity (Wildman–Crippen MR) is 62.9 cm³/mol. The highest BCUT2D eigenvalue weighted by Gasteiger charge is 2.29. The Morgan fingerprint density at radius 3 is 2.88 bits per heavy atom. The number of amides is 1. The number of benzene rings is 1. The SMILES string of the molecule is CC(NC(=O)C1CNc2ccccc21)C(=O)O. The summed E-state index contributed by atoms with van der Waals surface area (Å²) in [4.78, 5) is 22.6. The van der Waals surface area contributed by atoms with Gasteiger partial charge < -0.3 is 15.7 Å². The second-order valence-electron chi connectivity index (χ2n) is 4.09. The van der Waals surface area contributed by atoms with Gasteiger partial charge >= 0.3 is 5.97 Å². The number of fused-ring (bicyclic) bond motifs is 1. The molecule has 5 heteroatoms. The Kier molecular flexibility index (Phi) is 2.99. The molecule has 2 unspecified atom stereocenters. The third-order valence-electron chi connectivity index (χ3n) is 2.88. The molecule has 0 aromatic heterocycles. The lowest BCUT2D eigenvalue weighted by atomic mass is 10.0. The number of hydrogen-bond donors (Lipinski definition) is 3. The van der Waals surface area contributed by atoms with Gasteiger partial charge in [-0.3, -0.25) is 9.59 Å². The van der Waals surface area contributed by atoms with Crippen LogP contribution in [0.15, 0.2) is 24.3 Å². The van der Waals surface area contributed by atoms with Gasteiger partial charge in [-0.2, -0.15) is 0 Å². The second kappa shape index (κ2) is 4.45. The quantitative estimate of drug-likeness (QED) is 0.722. The van der Waals surface area contributed by atoms with Gasteiger partial charge in [0.1, 0.15) is 6.04 Å². The number of rotatable bonds is 3. The third kappa shape index (κ3) is 2.22.